The van der Waals surface area contributed by atoms with Crippen LogP contribution < -0.4 is 0 Å². The summed E-state index contributed by atoms with van der Waals surface area (Å²) < 4.78 is 15.2. The summed E-state index contributed by atoms with van der Waals surface area (Å²) in [5, 5.41) is 15.0. The zero-order valence-electron chi connectivity index (χ0n) is 10.9. The summed E-state index contributed by atoms with van der Waals surface area (Å²) in [5.74, 6) is -0.413. The second kappa shape index (κ2) is 5.72. The van der Waals surface area contributed by atoms with Gasteiger partial charge in [-0.3, -0.25) is 4.68 Å². The number of aliphatic hydroxyl groups is 1. The van der Waals surface area contributed by atoms with E-state index in [1.165, 1.54) is 6.07 Å². The third-order valence-electron chi connectivity index (χ3n) is 3.15. The van der Waals surface area contributed by atoms with E-state index in [1.807, 2.05) is 6.92 Å². The lowest BCUT2D eigenvalue weighted by molar-refractivity contribution is 0.171. The molecule has 2 aromatic rings. The van der Waals surface area contributed by atoms with Crippen LogP contribution in [0.3, 0.4) is 0 Å². The average molecular weight is 283 g/mol. The Morgan fingerprint density at radius 2 is 2.11 bits per heavy atom. The molecule has 1 unspecified atom stereocenters. The SMILES string of the molecule is CCc1nn(C)c(CC(O)c2ccccc2F)c1Cl. The summed E-state index contributed by atoms with van der Waals surface area (Å²) >= 11 is 6.21. The van der Waals surface area contributed by atoms with E-state index in [9.17, 15) is 9.50 Å². The van der Waals surface area contributed by atoms with E-state index in [0.29, 0.717) is 10.7 Å². The third-order valence-corrected chi connectivity index (χ3v) is 3.59. The lowest BCUT2D eigenvalue weighted by Crippen LogP contribution is -2.08. The molecule has 0 spiro atoms. The molecule has 1 atom stereocenters. The van der Waals surface area contributed by atoms with Gasteiger partial charge < -0.3 is 5.11 Å². The van der Waals surface area contributed by atoms with E-state index >= 15 is 0 Å². The van der Waals surface area contributed by atoms with E-state index in [1.54, 1.807) is 29.9 Å². The van der Waals surface area contributed by atoms with Crippen LogP contribution in [0.5, 0.6) is 0 Å². The van der Waals surface area contributed by atoms with Crippen LogP contribution in [0.25, 0.3) is 0 Å². The number of aromatic nitrogens is 2. The van der Waals surface area contributed by atoms with Crippen molar-refractivity contribution in [3.05, 3.63) is 52.1 Å². The Labute approximate surface area is 116 Å². The summed E-state index contributed by atoms with van der Waals surface area (Å²) in [6, 6.07) is 6.20. The third kappa shape index (κ3) is 2.80. The van der Waals surface area contributed by atoms with Crippen molar-refractivity contribution >= 4 is 11.6 Å². The standard InChI is InChI=1S/C14H16ClFN2O/c1-3-11-14(15)12(18(2)17-11)8-13(19)9-6-4-5-7-10(9)16/h4-7,13,19H,3,8H2,1-2H3. The molecule has 3 nitrogen and oxygen atoms in total. The summed E-state index contributed by atoms with van der Waals surface area (Å²) in [4.78, 5) is 0. The Kier molecular flexibility index (Phi) is 4.22. The molecule has 0 saturated heterocycles. The molecule has 102 valence electrons. The predicted molar refractivity (Wildman–Crippen MR) is 72.7 cm³/mol. The molecular formula is C14H16ClFN2O. The lowest BCUT2D eigenvalue weighted by Gasteiger charge is -2.12. The van der Waals surface area contributed by atoms with Gasteiger partial charge in [-0.2, -0.15) is 5.10 Å². The van der Waals surface area contributed by atoms with Crippen LogP contribution in [0, 0.1) is 5.82 Å². The Morgan fingerprint density at radius 1 is 1.42 bits per heavy atom. The average Bonchev–Trinajstić information content (AvgIpc) is 2.66. The molecule has 2 rings (SSSR count). The number of aryl methyl sites for hydroxylation is 2. The fourth-order valence-corrected chi connectivity index (χ4v) is 2.45. The molecule has 1 aromatic heterocycles. The summed E-state index contributed by atoms with van der Waals surface area (Å²) in [6.07, 6.45) is 0.0324. The van der Waals surface area contributed by atoms with Crippen LogP contribution in [0.2, 0.25) is 5.02 Å². The smallest absolute Gasteiger partial charge is 0.129 e. The Balaban J connectivity index is 2.27. The number of rotatable bonds is 4. The lowest BCUT2D eigenvalue weighted by atomic mass is 10.0. The fraction of sp³-hybridized carbons (Fsp3) is 0.357. The summed E-state index contributed by atoms with van der Waals surface area (Å²) in [6.45, 7) is 1.96. The number of halogens is 2. The molecule has 0 fully saturated rings. The highest BCUT2D eigenvalue weighted by molar-refractivity contribution is 6.31. The Bertz CT molecular complexity index is 583. The largest absolute Gasteiger partial charge is 0.388 e. The number of nitrogens with zero attached hydrogens (tertiary/aromatic N) is 2. The Morgan fingerprint density at radius 3 is 2.68 bits per heavy atom. The van der Waals surface area contributed by atoms with Crippen molar-refractivity contribution in [2.75, 3.05) is 0 Å². The summed E-state index contributed by atoms with van der Waals surface area (Å²) in [7, 11) is 1.77. The van der Waals surface area contributed by atoms with E-state index < -0.39 is 11.9 Å². The highest BCUT2D eigenvalue weighted by atomic mass is 35.5. The predicted octanol–water partition coefficient (Wildman–Crippen LogP) is 3.05. The van der Waals surface area contributed by atoms with Crippen LogP contribution >= 0.6 is 11.6 Å². The van der Waals surface area contributed by atoms with Crippen LogP contribution in [0.4, 0.5) is 4.39 Å². The molecular weight excluding hydrogens is 267 g/mol. The van der Waals surface area contributed by atoms with Crippen LogP contribution in [0.15, 0.2) is 24.3 Å². The first-order valence-electron chi connectivity index (χ1n) is 6.17. The van der Waals surface area contributed by atoms with Gasteiger partial charge in [0.15, 0.2) is 0 Å². The van der Waals surface area contributed by atoms with E-state index in [0.717, 1.165) is 12.1 Å². The van der Waals surface area contributed by atoms with Gasteiger partial charge in [0.05, 0.1) is 22.5 Å². The first-order valence-corrected chi connectivity index (χ1v) is 6.55. The van der Waals surface area contributed by atoms with Crippen molar-refractivity contribution in [1.29, 1.82) is 0 Å². The molecule has 0 aliphatic heterocycles. The van der Waals surface area contributed by atoms with Gasteiger partial charge >= 0.3 is 0 Å². The number of benzene rings is 1. The number of hydrogen-bond acceptors (Lipinski definition) is 2. The maximum absolute atomic E-state index is 13.6. The van der Waals surface area contributed by atoms with Gasteiger partial charge in [-0.15, -0.1) is 0 Å². The highest BCUT2D eigenvalue weighted by Crippen LogP contribution is 2.27. The van der Waals surface area contributed by atoms with Crippen LogP contribution in [-0.4, -0.2) is 14.9 Å². The van der Waals surface area contributed by atoms with Gasteiger partial charge in [-0.05, 0) is 12.5 Å². The van der Waals surface area contributed by atoms with Crippen molar-refractivity contribution in [2.24, 2.45) is 7.05 Å². The monoisotopic (exact) mass is 282 g/mol. The normalized spacial score (nSPS) is 12.7. The Hall–Kier alpha value is -1.39. The van der Waals surface area contributed by atoms with Crippen molar-refractivity contribution < 1.29 is 9.50 Å². The van der Waals surface area contributed by atoms with Crippen LogP contribution in [0.1, 0.15) is 30.0 Å². The minimum absolute atomic E-state index is 0.239. The van der Waals surface area contributed by atoms with E-state index in [4.69, 9.17) is 11.6 Å². The van der Waals surface area contributed by atoms with E-state index in [2.05, 4.69) is 5.10 Å². The van der Waals surface area contributed by atoms with Crippen molar-refractivity contribution in [2.45, 2.75) is 25.9 Å². The van der Waals surface area contributed by atoms with Crippen molar-refractivity contribution in [3.8, 4) is 0 Å². The number of hydrogen-bond donors (Lipinski definition) is 1. The minimum Gasteiger partial charge on any atom is -0.388 e. The van der Waals surface area contributed by atoms with Gasteiger partial charge in [-0.25, -0.2) is 4.39 Å². The topological polar surface area (TPSA) is 38.0 Å². The van der Waals surface area contributed by atoms with Crippen molar-refractivity contribution in [3.63, 3.8) is 0 Å². The van der Waals surface area contributed by atoms with E-state index in [-0.39, 0.29) is 12.0 Å². The molecule has 0 saturated carbocycles. The van der Waals surface area contributed by atoms with Crippen molar-refractivity contribution in [1.82, 2.24) is 9.78 Å². The molecule has 5 heteroatoms. The highest BCUT2D eigenvalue weighted by Gasteiger charge is 2.19. The fourth-order valence-electron chi connectivity index (χ4n) is 2.08. The molecule has 1 aromatic carbocycles. The molecule has 1 heterocycles. The van der Waals surface area contributed by atoms with Gasteiger partial charge in [0, 0.05) is 19.0 Å². The first kappa shape index (κ1) is 14.0. The quantitative estimate of drug-likeness (QED) is 0.936. The second-order valence-corrected chi connectivity index (χ2v) is 4.80. The molecule has 0 aliphatic carbocycles. The zero-order valence-corrected chi connectivity index (χ0v) is 11.7. The van der Waals surface area contributed by atoms with Gasteiger partial charge in [0.1, 0.15) is 5.82 Å². The molecule has 19 heavy (non-hydrogen) atoms. The molecule has 0 bridgehead atoms. The maximum Gasteiger partial charge on any atom is 0.129 e. The number of aliphatic hydroxyl groups excluding tert-OH is 1. The maximum atomic E-state index is 13.6. The minimum atomic E-state index is -0.932. The molecule has 0 amide bonds. The summed E-state index contributed by atoms with van der Waals surface area (Å²) in [5.41, 5.74) is 1.78. The first-order chi connectivity index (χ1) is 9.04. The molecule has 0 aliphatic rings. The second-order valence-electron chi connectivity index (χ2n) is 4.43. The van der Waals surface area contributed by atoms with Gasteiger partial charge in [0.25, 0.3) is 0 Å². The van der Waals surface area contributed by atoms with Gasteiger partial charge in [0.2, 0.25) is 0 Å². The zero-order chi connectivity index (χ0) is 14.0. The molecule has 0 radical (unpaired) electrons. The van der Waals surface area contributed by atoms with Gasteiger partial charge in [-0.1, -0.05) is 36.7 Å². The van der Waals surface area contributed by atoms with Crippen LogP contribution in [-0.2, 0) is 19.9 Å². The molecule has 1 N–H and O–H groups in total.